The minimum atomic E-state index is -0.510. The van der Waals surface area contributed by atoms with Crippen molar-refractivity contribution < 1.29 is 19.1 Å². The number of carbonyl (C=O) groups is 2. The highest BCUT2D eigenvalue weighted by Crippen LogP contribution is 2.32. The van der Waals surface area contributed by atoms with Crippen LogP contribution < -0.4 is 15.4 Å². The molecule has 2 N–H and O–H groups in total. The molecular formula is C25H20ClN3O4. The normalized spacial score (nSPS) is 10.5. The first-order chi connectivity index (χ1) is 16.0. The molecule has 0 atom stereocenters. The van der Waals surface area contributed by atoms with Crippen molar-refractivity contribution >= 4 is 45.9 Å². The van der Waals surface area contributed by atoms with Crippen LogP contribution in [0.5, 0.6) is 5.75 Å². The van der Waals surface area contributed by atoms with Crippen LogP contribution in [0.3, 0.4) is 0 Å². The second-order valence-corrected chi connectivity index (χ2v) is 7.49. The van der Waals surface area contributed by atoms with E-state index < -0.39 is 5.97 Å². The van der Waals surface area contributed by atoms with E-state index >= 15 is 0 Å². The monoisotopic (exact) mass is 461 g/mol. The quantitative estimate of drug-likeness (QED) is 0.357. The van der Waals surface area contributed by atoms with E-state index in [1.54, 1.807) is 48.5 Å². The predicted molar refractivity (Wildman–Crippen MR) is 129 cm³/mol. The average molecular weight is 462 g/mol. The molecule has 0 aliphatic carbocycles. The molecule has 2 amide bonds. The Labute approximate surface area is 195 Å². The molecule has 0 saturated carbocycles. The Morgan fingerprint density at radius 3 is 2.36 bits per heavy atom. The molecule has 0 spiro atoms. The molecule has 8 heteroatoms. The van der Waals surface area contributed by atoms with E-state index in [-0.39, 0.29) is 12.6 Å². The largest absolute Gasteiger partial charge is 0.481 e. The zero-order valence-electron chi connectivity index (χ0n) is 17.7. The SMILES string of the molecule is COC(=O)COc1cc(-c2ccc(Cl)cc2)nc2ccc(NC(=O)Nc3ccccc3)cc12. The van der Waals surface area contributed by atoms with Crippen LogP contribution in [0, 0.1) is 0 Å². The third kappa shape index (κ3) is 5.58. The number of para-hydroxylation sites is 1. The lowest BCUT2D eigenvalue weighted by atomic mass is 10.1. The topological polar surface area (TPSA) is 89.6 Å². The summed E-state index contributed by atoms with van der Waals surface area (Å²) in [5.74, 6) is -0.0769. The maximum Gasteiger partial charge on any atom is 0.343 e. The fourth-order valence-corrected chi connectivity index (χ4v) is 3.30. The number of esters is 1. The number of rotatable bonds is 6. The smallest absolute Gasteiger partial charge is 0.343 e. The number of ether oxygens (including phenoxy) is 2. The van der Waals surface area contributed by atoms with Gasteiger partial charge in [0.2, 0.25) is 0 Å². The standard InChI is InChI=1S/C25H20ClN3O4/c1-32-24(30)15-33-23-14-22(16-7-9-17(26)10-8-16)29-21-12-11-19(13-20(21)23)28-25(31)27-18-5-3-2-4-6-18/h2-14H,15H2,1H3,(H2,27,28,31). The number of urea groups is 1. The Balaban J connectivity index is 1.66. The predicted octanol–water partition coefficient (Wildman–Crippen LogP) is 5.75. The molecular weight excluding hydrogens is 442 g/mol. The number of halogens is 1. The number of aromatic nitrogens is 1. The van der Waals surface area contributed by atoms with E-state index in [2.05, 4.69) is 15.4 Å². The van der Waals surface area contributed by atoms with Crippen LogP contribution in [0.25, 0.3) is 22.2 Å². The van der Waals surface area contributed by atoms with Crippen molar-refractivity contribution in [1.29, 1.82) is 0 Å². The van der Waals surface area contributed by atoms with Gasteiger partial charge in [0.25, 0.3) is 0 Å². The zero-order chi connectivity index (χ0) is 23.2. The summed E-state index contributed by atoms with van der Waals surface area (Å²) in [5, 5.41) is 6.82. The minimum absolute atomic E-state index is 0.262. The van der Waals surface area contributed by atoms with Crippen LogP contribution in [0.4, 0.5) is 16.2 Å². The summed E-state index contributed by atoms with van der Waals surface area (Å²) < 4.78 is 10.4. The van der Waals surface area contributed by atoms with Crippen LogP contribution in [-0.2, 0) is 9.53 Å². The summed E-state index contributed by atoms with van der Waals surface area (Å²) >= 11 is 6.00. The average Bonchev–Trinajstić information content (AvgIpc) is 2.83. The van der Waals surface area contributed by atoms with Gasteiger partial charge in [0.1, 0.15) is 5.75 Å². The van der Waals surface area contributed by atoms with Gasteiger partial charge in [-0.15, -0.1) is 0 Å². The Bertz CT molecular complexity index is 1290. The van der Waals surface area contributed by atoms with Crippen molar-refractivity contribution in [2.45, 2.75) is 0 Å². The maximum atomic E-state index is 12.4. The van der Waals surface area contributed by atoms with Gasteiger partial charge in [-0.05, 0) is 42.5 Å². The molecule has 0 saturated heterocycles. The summed E-state index contributed by atoms with van der Waals surface area (Å²) in [6, 6.07) is 23.0. The Morgan fingerprint density at radius 2 is 1.64 bits per heavy atom. The molecule has 0 unspecified atom stereocenters. The molecule has 0 bridgehead atoms. The maximum absolute atomic E-state index is 12.4. The molecule has 1 heterocycles. The molecule has 0 aliphatic heterocycles. The van der Waals surface area contributed by atoms with Gasteiger partial charge in [0, 0.05) is 33.4 Å². The highest BCUT2D eigenvalue weighted by molar-refractivity contribution is 6.30. The van der Waals surface area contributed by atoms with Gasteiger partial charge in [-0.1, -0.05) is 41.9 Å². The van der Waals surface area contributed by atoms with E-state index in [0.717, 1.165) is 5.56 Å². The first-order valence-corrected chi connectivity index (χ1v) is 10.4. The number of pyridine rings is 1. The van der Waals surface area contributed by atoms with Gasteiger partial charge in [-0.2, -0.15) is 0 Å². The van der Waals surface area contributed by atoms with Gasteiger partial charge < -0.3 is 20.1 Å². The number of nitrogens with one attached hydrogen (secondary N) is 2. The van der Waals surface area contributed by atoms with Crippen molar-refractivity contribution in [3.63, 3.8) is 0 Å². The van der Waals surface area contributed by atoms with Crippen molar-refractivity contribution in [1.82, 2.24) is 4.98 Å². The van der Waals surface area contributed by atoms with Crippen molar-refractivity contribution in [3.05, 3.63) is 83.9 Å². The fraction of sp³-hybridized carbons (Fsp3) is 0.0800. The first-order valence-electron chi connectivity index (χ1n) is 10.1. The third-order valence-corrected chi connectivity index (χ3v) is 5.03. The van der Waals surface area contributed by atoms with Crippen molar-refractivity contribution in [3.8, 4) is 17.0 Å². The first kappa shape index (κ1) is 22.1. The molecule has 4 aromatic rings. The zero-order valence-corrected chi connectivity index (χ0v) is 18.4. The Morgan fingerprint density at radius 1 is 0.909 bits per heavy atom. The number of carbonyl (C=O) groups excluding carboxylic acids is 2. The molecule has 7 nitrogen and oxygen atoms in total. The van der Waals surface area contributed by atoms with Crippen LogP contribution in [0.1, 0.15) is 0 Å². The number of hydrogen-bond acceptors (Lipinski definition) is 5. The van der Waals surface area contributed by atoms with E-state index in [9.17, 15) is 9.59 Å². The lowest BCUT2D eigenvalue weighted by Crippen LogP contribution is -2.19. The van der Waals surface area contributed by atoms with E-state index in [0.29, 0.717) is 38.7 Å². The number of benzene rings is 3. The van der Waals surface area contributed by atoms with Gasteiger partial charge in [0.05, 0.1) is 18.3 Å². The van der Waals surface area contributed by atoms with Crippen LogP contribution in [-0.4, -0.2) is 30.7 Å². The third-order valence-electron chi connectivity index (χ3n) is 4.77. The number of fused-ring (bicyclic) bond motifs is 1. The summed E-state index contributed by atoms with van der Waals surface area (Å²) in [6.07, 6.45) is 0. The summed E-state index contributed by atoms with van der Waals surface area (Å²) in [5.41, 5.74) is 3.35. The molecule has 0 radical (unpaired) electrons. The number of methoxy groups -OCH3 is 1. The summed E-state index contributed by atoms with van der Waals surface area (Å²) in [7, 11) is 1.29. The molecule has 33 heavy (non-hydrogen) atoms. The lowest BCUT2D eigenvalue weighted by Gasteiger charge is -2.13. The number of anilines is 2. The van der Waals surface area contributed by atoms with E-state index in [1.807, 2.05) is 30.3 Å². The molecule has 4 rings (SSSR count). The van der Waals surface area contributed by atoms with E-state index in [4.69, 9.17) is 21.3 Å². The fourth-order valence-electron chi connectivity index (χ4n) is 3.17. The molecule has 0 aliphatic rings. The van der Waals surface area contributed by atoms with Crippen LogP contribution in [0.15, 0.2) is 78.9 Å². The van der Waals surface area contributed by atoms with Gasteiger partial charge in [-0.25, -0.2) is 14.6 Å². The molecule has 0 fully saturated rings. The highest BCUT2D eigenvalue weighted by atomic mass is 35.5. The van der Waals surface area contributed by atoms with Gasteiger partial charge >= 0.3 is 12.0 Å². The van der Waals surface area contributed by atoms with Gasteiger partial charge in [-0.3, -0.25) is 0 Å². The lowest BCUT2D eigenvalue weighted by molar-refractivity contribution is -0.142. The second-order valence-electron chi connectivity index (χ2n) is 7.05. The number of amides is 2. The number of nitrogens with zero attached hydrogens (tertiary/aromatic N) is 1. The van der Waals surface area contributed by atoms with Crippen LogP contribution in [0.2, 0.25) is 5.02 Å². The molecule has 3 aromatic carbocycles. The highest BCUT2D eigenvalue weighted by Gasteiger charge is 2.13. The van der Waals surface area contributed by atoms with Gasteiger partial charge in [0.15, 0.2) is 6.61 Å². The number of hydrogen-bond donors (Lipinski definition) is 2. The summed E-state index contributed by atoms with van der Waals surface area (Å²) in [4.78, 5) is 28.7. The second kappa shape index (κ2) is 10.0. The molecule has 166 valence electrons. The molecule has 1 aromatic heterocycles. The van der Waals surface area contributed by atoms with Crippen LogP contribution >= 0.6 is 11.6 Å². The van der Waals surface area contributed by atoms with Crippen molar-refractivity contribution in [2.24, 2.45) is 0 Å². The minimum Gasteiger partial charge on any atom is -0.481 e. The summed E-state index contributed by atoms with van der Waals surface area (Å²) in [6.45, 7) is -0.262. The van der Waals surface area contributed by atoms with E-state index in [1.165, 1.54) is 7.11 Å². The van der Waals surface area contributed by atoms with Crippen molar-refractivity contribution in [2.75, 3.05) is 24.4 Å². The Kier molecular flexibility index (Phi) is 6.71. The Hall–Kier alpha value is -4.10.